The lowest BCUT2D eigenvalue weighted by Crippen LogP contribution is -2.53. The summed E-state index contributed by atoms with van der Waals surface area (Å²) in [5.74, 6) is -0.628. The summed E-state index contributed by atoms with van der Waals surface area (Å²) in [4.78, 5) is 37.3. The summed E-state index contributed by atoms with van der Waals surface area (Å²) < 4.78 is 10.1. The normalized spacial score (nSPS) is 13.3. The van der Waals surface area contributed by atoms with Crippen molar-refractivity contribution in [1.29, 1.82) is 0 Å². The summed E-state index contributed by atoms with van der Waals surface area (Å²) in [6.45, 7) is 9.33. The fourth-order valence-electron chi connectivity index (χ4n) is 2.68. The van der Waals surface area contributed by atoms with E-state index in [1.54, 1.807) is 20.8 Å². The number of benzene rings is 1. The number of carbonyl (C=O) groups excluding carboxylic acids is 3. The van der Waals surface area contributed by atoms with Crippen LogP contribution in [0.1, 0.15) is 53.0 Å². The van der Waals surface area contributed by atoms with Gasteiger partial charge in [-0.25, -0.2) is 9.59 Å². The van der Waals surface area contributed by atoms with E-state index in [9.17, 15) is 14.4 Å². The van der Waals surface area contributed by atoms with Crippen LogP contribution in [0, 0.1) is 5.92 Å². The molecular weight excluding hydrogens is 372 g/mol. The lowest BCUT2D eigenvalue weighted by atomic mass is 10.0. The Hall–Kier alpha value is -2.57. The lowest BCUT2D eigenvalue weighted by Gasteiger charge is -2.25. The van der Waals surface area contributed by atoms with Crippen molar-refractivity contribution in [3.63, 3.8) is 0 Å². The van der Waals surface area contributed by atoms with Crippen LogP contribution in [0.15, 0.2) is 30.3 Å². The minimum absolute atomic E-state index is 0.294. The van der Waals surface area contributed by atoms with Crippen LogP contribution in [0.25, 0.3) is 0 Å². The highest BCUT2D eigenvalue weighted by Gasteiger charge is 2.29. The van der Waals surface area contributed by atoms with Crippen molar-refractivity contribution >= 4 is 18.0 Å². The standard InChI is InChI=1S/C22H34N2O5/c1-15(2)12-13-17(24-21(27)29-22(3,4)5)19(25)23-18(20(26)28-6)14-16-10-8-7-9-11-16/h7-11,15,17-18H,12-14H2,1-6H3,(H,23,25)(H,24,27)/t17-,18-/m0/s1. The van der Waals surface area contributed by atoms with Gasteiger partial charge in [-0.2, -0.15) is 0 Å². The van der Waals surface area contributed by atoms with Crippen molar-refractivity contribution in [1.82, 2.24) is 10.6 Å². The van der Waals surface area contributed by atoms with Crippen molar-refractivity contribution in [2.45, 2.75) is 71.6 Å². The van der Waals surface area contributed by atoms with E-state index in [2.05, 4.69) is 10.6 Å². The number of nitrogens with one attached hydrogen (secondary N) is 2. The third-order valence-corrected chi connectivity index (χ3v) is 4.12. The van der Waals surface area contributed by atoms with E-state index in [-0.39, 0.29) is 0 Å². The summed E-state index contributed by atoms with van der Waals surface area (Å²) in [5, 5.41) is 5.35. The topological polar surface area (TPSA) is 93.7 Å². The monoisotopic (exact) mass is 406 g/mol. The number of carbonyl (C=O) groups is 3. The molecule has 1 aromatic carbocycles. The second-order valence-electron chi connectivity index (χ2n) is 8.44. The summed E-state index contributed by atoms with van der Waals surface area (Å²) in [5.41, 5.74) is 0.215. The van der Waals surface area contributed by atoms with Crippen LogP contribution < -0.4 is 10.6 Å². The maximum absolute atomic E-state index is 12.9. The molecule has 0 aliphatic heterocycles. The van der Waals surface area contributed by atoms with E-state index in [1.165, 1.54) is 7.11 Å². The van der Waals surface area contributed by atoms with Gasteiger partial charge < -0.3 is 20.1 Å². The van der Waals surface area contributed by atoms with Gasteiger partial charge in [-0.1, -0.05) is 44.2 Å². The maximum Gasteiger partial charge on any atom is 0.408 e. The van der Waals surface area contributed by atoms with Gasteiger partial charge in [0.2, 0.25) is 5.91 Å². The highest BCUT2D eigenvalue weighted by Crippen LogP contribution is 2.11. The van der Waals surface area contributed by atoms with Crippen molar-refractivity contribution in [2.75, 3.05) is 7.11 Å². The molecule has 0 radical (unpaired) electrons. The first-order valence-corrected chi connectivity index (χ1v) is 9.93. The Morgan fingerprint density at radius 2 is 1.59 bits per heavy atom. The van der Waals surface area contributed by atoms with Gasteiger partial charge in [0, 0.05) is 6.42 Å². The van der Waals surface area contributed by atoms with Crippen LogP contribution in [0.3, 0.4) is 0 Å². The number of methoxy groups -OCH3 is 1. The number of hydrogen-bond donors (Lipinski definition) is 2. The third kappa shape index (κ3) is 9.96. The molecule has 2 amide bonds. The molecule has 0 unspecified atom stereocenters. The molecule has 2 N–H and O–H groups in total. The molecule has 0 saturated heterocycles. The number of rotatable bonds is 9. The molecule has 1 rings (SSSR count). The smallest absolute Gasteiger partial charge is 0.408 e. The zero-order valence-corrected chi connectivity index (χ0v) is 18.3. The van der Waals surface area contributed by atoms with Gasteiger partial charge in [0.05, 0.1) is 7.11 Å². The zero-order valence-electron chi connectivity index (χ0n) is 18.3. The second kappa shape index (κ2) is 11.4. The Morgan fingerprint density at radius 3 is 2.10 bits per heavy atom. The Morgan fingerprint density at radius 1 is 0.966 bits per heavy atom. The van der Waals surface area contributed by atoms with Gasteiger partial charge in [0.25, 0.3) is 0 Å². The van der Waals surface area contributed by atoms with Gasteiger partial charge in [0.15, 0.2) is 0 Å². The molecule has 0 saturated carbocycles. The van der Waals surface area contributed by atoms with Gasteiger partial charge >= 0.3 is 12.1 Å². The third-order valence-electron chi connectivity index (χ3n) is 4.12. The highest BCUT2D eigenvalue weighted by molar-refractivity contribution is 5.89. The molecule has 0 spiro atoms. The molecule has 0 fully saturated rings. The van der Waals surface area contributed by atoms with Crippen LogP contribution >= 0.6 is 0 Å². The molecular formula is C22H34N2O5. The number of alkyl carbamates (subject to hydrolysis) is 1. The lowest BCUT2D eigenvalue weighted by molar-refractivity contribution is -0.145. The van der Waals surface area contributed by atoms with Crippen molar-refractivity contribution in [2.24, 2.45) is 5.92 Å². The summed E-state index contributed by atoms with van der Waals surface area (Å²) in [7, 11) is 1.28. The molecule has 7 heteroatoms. The predicted octanol–water partition coefficient (Wildman–Crippen LogP) is 3.22. The van der Waals surface area contributed by atoms with Gasteiger partial charge in [-0.05, 0) is 45.1 Å². The van der Waals surface area contributed by atoms with Crippen LogP contribution in [0.2, 0.25) is 0 Å². The predicted molar refractivity (Wildman–Crippen MR) is 111 cm³/mol. The molecule has 0 aliphatic carbocycles. The highest BCUT2D eigenvalue weighted by atomic mass is 16.6. The molecule has 0 aromatic heterocycles. The van der Waals surface area contributed by atoms with Crippen LogP contribution in [0.4, 0.5) is 4.79 Å². The van der Waals surface area contributed by atoms with Crippen molar-refractivity contribution in [3.8, 4) is 0 Å². The number of amides is 2. The number of ether oxygens (including phenoxy) is 2. The SMILES string of the molecule is COC(=O)[C@H](Cc1ccccc1)NC(=O)[C@H](CCC(C)C)NC(=O)OC(C)(C)C. The first-order chi connectivity index (χ1) is 13.5. The van der Waals surface area contributed by atoms with E-state index < -0.39 is 35.7 Å². The van der Waals surface area contributed by atoms with Crippen LogP contribution in [-0.4, -0.2) is 42.8 Å². The molecule has 1 aromatic rings. The van der Waals surface area contributed by atoms with E-state index in [1.807, 2.05) is 44.2 Å². The minimum atomic E-state index is -0.850. The van der Waals surface area contributed by atoms with Gasteiger partial charge in [-0.15, -0.1) is 0 Å². The molecule has 29 heavy (non-hydrogen) atoms. The van der Waals surface area contributed by atoms with Crippen molar-refractivity contribution < 1.29 is 23.9 Å². The minimum Gasteiger partial charge on any atom is -0.467 e. The van der Waals surface area contributed by atoms with E-state index in [4.69, 9.17) is 9.47 Å². The Balaban J connectivity index is 2.89. The molecule has 0 heterocycles. The quantitative estimate of drug-likeness (QED) is 0.614. The molecule has 2 atom stereocenters. The largest absolute Gasteiger partial charge is 0.467 e. The Labute approximate surface area is 173 Å². The maximum atomic E-state index is 12.9. The Bertz CT molecular complexity index is 668. The summed E-state index contributed by atoms with van der Waals surface area (Å²) in [6.07, 6.45) is 0.791. The fraction of sp³-hybridized carbons (Fsp3) is 0.591. The second-order valence-corrected chi connectivity index (χ2v) is 8.44. The van der Waals surface area contributed by atoms with E-state index >= 15 is 0 Å². The van der Waals surface area contributed by atoms with Gasteiger partial charge in [-0.3, -0.25) is 4.79 Å². The average molecular weight is 407 g/mol. The average Bonchev–Trinajstić information content (AvgIpc) is 2.63. The number of esters is 1. The first kappa shape index (κ1) is 24.5. The van der Waals surface area contributed by atoms with E-state index in [0.29, 0.717) is 18.8 Å². The molecule has 0 bridgehead atoms. The van der Waals surface area contributed by atoms with Crippen LogP contribution in [0.5, 0.6) is 0 Å². The zero-order chi connectivity index (χ0) is 22.0. The Kier molecular flexibility index (Phi) is 9.65. The first-order valence-electron chi connectivity index (χ1n) is 9.93. The van der Waals surface area contributed by atoms with Crippen LogP contribution in [-0.2, 0) is 25.5 Å². The molecule has 162 valence electrons. The fourth-order valence-corrected chi connectivity index (χ4v) is 2.68. The van der Waals surface area contributed by atoms with E-state index in [0.717, 1.165) is 12.0 Å². The van der Waals surface area contributed by atoms with Gasteiger partial charge in [0.1, 0.15) is 17.7 Å². The summed E-state index contributed by atoms with van der Waals surface area (Å²) >= 11 is 0. The van der Waals surface area contributed by atoms with Crippen molar-refractivity contribution in [3.05, 3.63) is 35.9 Å². The molecule has 0 aliphatic rings. The summed E-state index contributed by atoms with van der Waals surface area (Å²) in [6, 6.07) is 7.69. The molecule has 7 nitrogen and oxygen atoms in total. The number of hydrogen-bond acceptors (Lipinski definition) is 5.